The smallest absolute Gasteiger partial charge is 0.272 e. The van der Waals surface area contributed by atoms with Gasteiger partial charge in [-0.3, -0.25) is 14.4 Å². The molecular weight excluding hydrogens is 460 g/mol. The molecule has 0 atom stereocenters. The van der Waals surface area contributed by atoms with Crippen LogP contribution < -0.4 is 20.9 Å². The first-order valence-electron chi connectivity index (χ1n) is 11.5. The Balaban J connectivity index is 1.31. The van der Waals surface area contributed by atoms with Crippen LogP contribution in [0.15, 0.2) is 24.5 Å². The Kier molecular flexibility index (Phi) is 7.69. The predicted octanol–water partition coefficient (Wildman–Crippen LogP) is 2.19. The minimum absolute atomic E-state index is 0.0639. The number of nitrogens with one attached hydrogen (secondary N) is 4. The van der Waals surface area contributed by atoms with Crippen LogP contribution in [0.2, 0.25) is 5.02 Å². The monoisotopic (exact) mass is 488 g/mol. The van der Waals surface area contributed by atoms with E-state index >= 15 is 0 Å². The van der Waals surface area contributed by atoms with Gasteiger partial charge >= 0.3 is 0 Å². The number of anilines is 2. The van der Waals surface area contributed by atoms with E-state index in [1.165, 1.54) is 13.4 Å². The van der Waals surface area contributed by atoms with Crippen LogP contribution in [-0.2, 0) is 9.53 Å². The van der Waals surface area contributed by atoms with E-state index in [1.54, 1.807) is 6.07 Å². The zero-order chi connectivity index (χ0) is 24.1. The Bertz CT molecular complexity index is 1040. The normalized spacial score (nSPS) is 20.5. The number of benzene rings is 1. The minimum atomic E-state index is -0.403. The third-order valence-electron chi connectivity index (χ3n) is 6.33. The summed E-state index contributed by atoms with van der Waals surface area (Å²) in [7, 11) is 1.49. The van der Waals surface area contributed by atoms with E-state index in [2.05, 4.69) is 30.8 Å². The molecule has 2 heterocycles. The molecule has 1 aromatic heterocycles. The van der Waals surface area contributed by atoms with Gasteiger partial charge in [-0.15, -0.1) is 0 Å². The third-order valence-corrected chi connectivity index (χ3v) is 6.66. The lowest BCUT2D eigenvalue weighted by Crippen LogP contribution is -2.40. The fourth-order valence-corrected chi connectivity index (χ4v) is 4.55. The summed E-state index contributed by atoms with van der Waals surface area (Å²) in [5.74, 6) is -1.04. The maximum Gasteiger partial charge on any atom is 0.272 e. The number of aromatic amines is 1. The number of hydrogen-bond donors (Lipinski definition) is 4. The minimum Gasteiger partial charge on any atom is -0.378 e. The zero-order valence-electron chi connectivity index (χ0n) is 19.0. The summed E-state index contributed by atoms with van der Waals surface area (Å²) < 4.78 is 5.41. The van der Waals surface area contributed by atoms with E-state index in [0.29, 0.717) is 49.6 Å². The van der Waals surface area contributed by atoms with E-state index in [4.69, 9.17) is 16.3 Å². The number of H-pyrrole nitrogens is 1. The molecular formula is C23H29ClN6O4. The Hall–Kier alpha value is -3.11. The lowest BCUT2D eigenvalue weighted by atomic mass is 9.85. The summed E-state index contributed by atoms with van der Waals surface area (Å²) >= 11 is 6.35. The van der Waals surface area contributed by atoms with Crippen LogP contribution in [0.4, 0.5) is 11.4 Å². The molecule has 0 bridgehead atoms. The van der Waals surface area contributed by atoms with Crippen molar-refractivity contribution in [3.63, 3.8) is 0 Å². The van der Waals surface area contributed by atoms with Crippen molar-refractivity contribution in [1.29, 1.82) is 0 Å². The van der Waals surface area contributed by atoms with Gasteiger partial charge in [-0.05, 0) is 43.9 Å². The molecule has 2 aliphatic rings. The van der Waals surface area contributed by atoms with Gasteiger partial charge < -0.3 is 30.6 Å². The van der Waals surface area contributed by atoms with Gasteiger partial charge in [-0.25, -0.2) is 4.98 Å². The van der Waals surface area contributed by atoms with Crippen molar-refractivity contribution in [1.82, 2.24) is 20.6 Å². The van der Waals surface area contributed by atoms with Crippen molar-refractivity contribution in [2.45, 2.75) is 31.7 Å². The number of hydrogen-bond acceptors (Lipinski definition) is 6. The van der Waals surface area contributed by atoms with Gasteiger partial charge in [0.2, 0.25) is 5.91 Å². The average Bonchev–Trinajstić information content (AvgIpc) is 3.36. The summed E-state index contributed by atoms with van der Waals surface area (Å²) in [5, 5.41) is 8.90. The van der Waals surface area contributed by atoms with Crippen molar-refractivity contribution in [3.05, 3.63) is 40.9 Å². The van der Waals surface area contributed by atoms with Crippen LogP contribution in [0, 0.1) is 5.92 Å². The first-order valence-corrected chi connectivity index (χ1v) is 11.8. The van der Waals surface area contributed by atoms with Crippen LogP contribution >= 0.6 is 11.6 Å². The van der Waals surface area contributed by atoms with Gasteiger partial charge in [0.05, 0.1) is 30.3 Å². The van der Waals surface area contributed by atoms with Crippen LogP contribution in [-0.4, -0.2) is 67.1 Å². The van der Waals surface area contributed by atoms with Gasteiger partial charge in [0.1, 0.15) is 5.69 Å². The molecule has 4 rings (SSSR count). The molecule has 1 aliphatic heterocycles. The molecule has 11 heteroatoms. The number of carbonyl (C=O) groups excluding carboxylic acids is 3. The second kappa shape index (κ2) is 10.9. The predicted molar refractivity (Wildman–Crippen MR) is 128 cm³/mol. The summed E-state index contributed by atoms with van der Waals surface area (Å²) in [6, 6.07) is 5.58. The summed E-state index contributed by atoms with van der Waals surface area (Å²) in [5.41, 5.74) is 1.80. The summed E-state index contributed by atoms with van der Waals surface area (Å²) in [4.78, 5) is 46.3. The van der Waals surface area contributed by atoms with Crippen LogP contribution in [0.1, 0.15) is 46.7 Å². The SMILES string of the molecule is CNC(=O)c1[nH]cnc1C(=O)NC1CCC(C(=O)Nc2cc(N3CCOCC3)ccc2Cl)CC1. The highest BCUT2D eigenvalue weighted by atomic mass is 35.5. The zero-order valence-corrected chi connectivity index (χ0v) is 19.8. The molecule has 0 unspecified atom stereocenters. The van der Waals surface area contributed by atoms with Gasteiger partial charge in [-0.2, -0.15) is 0 Å². The number of morpholine rings is 1. The fraction of sp³-hybridized carbons (Fsp3) is 0.478. The molecule has 0 radical (unpaired) electrons. The number of carbonyl (C=O) groups is 3. The van der Waals surface area contributed by atoms with Crippen LogP contribution in [0.3, 0.4) is 0 Å². The molecule has 182 valence electrons. The molecule has 1 aliphatic carbocycles. The molecule has 2 fully saturated rings. The topological polar surface area (TPSA) is 128 Å². The van der Waals surface area contributed by atoms with E-state index < -0.39 is 11.8 Å². The Morgan fingerprint density at radius 3 is 2.56 bits per heavy atom. The average molecular weight is 489 g/mol. The van der Waals surface area contributed by atoms with Gasteiger partial charge in [-0.1, -0.05) is 11.6 Å². The molecule has 34 heavy (non-hydrogen) atoms. The van der Waals surface area contributed by atoms with Crippen molar-refractivity contribution in [2.24, 2.45) is 5.92 Å². The van der Waals surface area contributed by atoms with Crippen LogP contribution in [0.5, 0.6) is 0 Å². The molecule has 3 amide bonds. The largest absolute Gasteiger partial charge is 0.378 e. The number of aromatic nitrogens is 2. The highest BCUT2D eigenvalue weighted by molar-refractivity contribution is 6.33. The van der Waals surface area contributed by atoms with Crippen molar-refractivity contribution in [3.8, 4) is 0 Å². The van der Waals surface area contributed by atoms with E-state index in [0.717, 1.165) is 18.8 Å². The van der Waals surface area contributed by atoms with Crippen molar-refractivity contribution in [2.75, 3.05) is 43.6 Å². The van der Waals surface area contributed by atoms with Crippen molar-refractivity contribution >= 4 is 40.7 Å². The molecule has 1 aromatic carbocycles. The van der Waals surface area contributed by atoms with Gasteiger partial charge in [0.15, 0.2) is 5.69 Å². The maximum atomic E-state index is 12.9. The maximum absolute atomic E-state index is 12.9. The number of amides is 3. The van der Waals surface area contributed by atoms with E-state index in [9.17, 15) is 14.4 Å². The van der Waals surface area contributed by atoms with Crippen molar-refractivity contribution < 1.29 is 19.1 Å². The first kappa shape index (κ1) is 24.0. The lowest BCUT2D eigenvalue weighted by molar-refractivity contribution is -0.120. The Morgan fingerprint density at radius 2 is 1.85 bits per heavy atom. The fourth-order valence-electron chi connectivity index (χ4n) is 4.38. The molecule has 0 spiro atoms. The quantitative estimate of drug-likeness (QED) is 0.493. The van der Waals surface area contributed by atoms with Gasteiger partial charge in [0, 0.05) is 37.8 Å². The third kappa shape index (κ3) is 5.51. The summed E-state index contributed by atoms with van der Waals surface area (Å²) in [6.45, 7) is 2.95. The number of ether oxygens (including phenoxy) is 1. The molecule has 1 saturated carbocycles. The van der Waals surface area contributed by atoms with Crippen LogP contribution in [0.25, 0.3) is 0 Å². The number of nitrogens with zero attached hydrogens (tertiary/aromatic N) is 2. The number of imidazole rings is 1. The first-order chi connectivity index (χ1) is 16.5. The summed E-state index contributed by atoms with van der Waals surface area (Å²) in [6.07, 6.45) is 3.91. The highest BCUT2D eigenvalue weighted by Gasteiger charge is 2.29. The Morgan fingerprint density at radius 1 is 1.12 bits per heavy atom. The second-order valence-electron chi connectivity index (χ2n) is 8.48. The number of rotatable bonds is 6. The molecule has 1 saturated heterocycles. The van der Waals surface area contributed by atoms with E-state index in [-0.39, 0.29) is 29.3 Å². The van der Waals surface area contributed by atoms with E-state index in [1.807, 2.05) is 12.1 Å². The molecule has 4 N–H and O–H groups in total. The lowest BCUT2D eigenvalue weighted by Gasteiger charge is -2.30. The standard InChI is InChI=1S/C23H29ClN6O4/c1-25-22(32)19-20(27-13-26-19)23(33)28-15-4-2-14(3-5-15)21(31)29-18-12-16(6-7-17(18)24)30-8-10-34-11-9-30/h6-7,12-15H,2-5,8-11H2,1H3,(H,25,32)(H,26,27)(H,28,33)(H,29,31). The molecule has 2 aromatic rings. The number of halogens is 1. The molecule has 10 nitrogen and oxygen atoms in total. The Labute approximate surface area is 202 Å². The second-order valence-corrected chi connectivity index (χ2v) is 8.89. The van der Waals surface area contributed by atoms with Gasteiger partial charge in [0.25, 0.3) is 11.8 Å². The highest BCUT2D eigenvalue weighted by Crippen LogP contribution is 2.31.